The minimum absolute atomic E-state index is 0.923. The highest BCUT2D eigenvalue weighted by Crippen LogP contribution is 2.15. The van der Waals surface area contributed by atoms with Crippen molar-refractivity contribution in [1.29, 1.82) is 0 Å². The van der Waals surface area contributed by atoms with E-state index in [0.717, 1.165) is 24.3 Å². The van der Waals surface area contributed by atoms with Crippen LogP contribution < -0.4 is 9.47 Å². The zero-order chi connectivity index (χ0) is 14.2. The Morgan fingerprint density at radius 1 is 0.600 bits per heavy atom. The molecule has 0 saturated heterocycles. The smallest absolute Gasteiger partial charge is 0.118 e. The van der Waals surface area contributed by atoms with Crippen molar-refractivity contribution in [2.45, 2.75) is 25.7 Å². The number of unbranched alkanes of at least 4 members (excludes halogenated alkanes) is 1. The topological polar surface area (TPSA) is 18.5 Å². The minimum atomic E-state index is 0.923. The van der Waals surface area contributed by atoms with Gasteiger partial charge in [-0.15, -0.1) is 0 Å². The zero-order valence-corrected chi connectivity index (χ0v) is 12.3. The lowest BCUT2D eigenvalue weighted by Gasteiger charge is -2.05. The summed E-state index contributed by atoms with van der Waals surface area (Å²) in [4.78, 5) is 0. The van der Waals surface area contributed by atoms with Crippen molar-refractivity contribution in [3.63, 3.8) is 0 Å². The van der Waals surface area contributed by atoms with E-state index in [1.54, 1.807) is 14.2 Å². The van der Waals surface area contributed by atoms with E-state index in [1.807, 2.05) is 24.3 Å². The molecular weight excluding hydrogens is 248 g/mol. The van der Waals surface area contributed by atoms with E-state index < -0.39 is 0 Å². The summed E-state index contributed by atoms with van der Waals surface area (Å²) >= 11 is 0. The number of rotatable bonds is 7. The SMILES string of the molecule is COc1ccc(CCCCc2ccc(OC)cc2)cc1. The molecule has 0 fully saturated rings. The summed E-state index contributed by atoms with van der Waals surface area (Å²) in [7, 11) is 3.40. The summed E-state index contributed by atoms with van der Waals surface area (Å²) in [6.45, 7) is 0. The Hall–Kier alpha value is -1.96. The molecule has 20 heavy (non-hydrogen) atoms. The molecule has 2 aromatic carbocycles. The van der Waals surface area contributed by atoms with E-state index in [0.29, 0.717) is 0 Å². The fourth-order valence-electron chi connectivity index (χ4n) is 2.24. The Bertz CT molecular complexity index is 450. The van der Waals surface area contributed by atoms with Crippen molar-refractivity contribution in [1.82, 2.24) is 0 Å². The third-order valence-corrected chi connectivity index (χ3v) is 3.50. The summed E-state index contributed by atoms with van der Waals surface area (Å²) in [6, 6.07) is 16.7. The van der Waals surface area contributed by atoms with E-state index >= 15 is 0 Å². The Balaban J connectivity index is 1.72. The van der Waals surface area contributed by atoms with E-state index in [9.17, 15) is 0 Å². The molecule has 0 bridgehead atoms. The van der Waals surface area contributed by atoms with Crippen LogP contribution in [-0.2, 0) is 12.8 Å². The molecule has 0 N–H and O–H groups in total. The van der Waals surface area contributed by atoms with Crippen LogP contribution >= 0.6 is 0 Å². The first kappa shape index (κ1) is 14.4. The minimum Gasteiger partial charge on any atom is -0.497 e. The lowest BCUT2D eigenvalue weighted by molar-refractivity contribution is 0.414. The molecule has 0 saturated carbocycles. The first-order chi connectivity index (χ1) is 9.81. The molecule has 0 atom stereocenters. The van der Waals surface area contributed by atoms with Crippen LogP contribution in [0.1, 0.15) is 24.0 Å². The average Bonchev–Trinajstić information content (AvgIpc) is 2.53. The van der Waals surface area contributed by atoms with Crippen molar-refractivity contribution in [2.24, 2.45) is 0 Å². The van der Waals surface area contributed by atoms with Crippen LogP contribution in [0.4, 0.5) is 0 Å². The van der Waals surface area contributed by atoms with Crippen LogP contribution in [-0.4, -0.2) is 14.2 Å². The van der Waals surface area contributed by atoms with Crippen molar-refractivity contribution < 1.29 is 9.47 Å². The molecule has 0 aliphatic heterocycles. The van der Waals surface area contributed by atoms with Gasteiger partial charge in [-0.05, 0) is 61.1 Å². The standard InChI is InChI=1S/C18H22O2/c1-19-17-11-7-15(8-12-17)5-3-4-6-16-9-13-18(20-2)14-10-16/h7-14H,3-6H2,1-2H3. The van der Waals surface area contributed by atoms with Gasteiger partial charge in [-0.3, -0.25) is 0 Å². The molecule has 0 amide bonds. The lowest BCUT2D eigenvalue weighted by Crippen LogP contribution is -1.90. The highest BCUT2D eigenvalue weighted by atomic mass is 16.5. The maximum Gasteiger partial charge on any atom is 0.118 e. The first-order valence-corrected chi connectivity index (χ1v) is 7.07. The average molecular weight is 270 g/mol. The number of hydrogen-bond acceptors (Lipinski definition) is 2. The van der Waals surface area contributed by atoms with E-state index in [1.165, 1.54) is 24.0 Å². The Morgan fingerprint density at radius 2 is 0.950 bits per heavy atom. The highest BCUT2D eigenvalue weighted by molar-refractivity contribution is 5.28. The molecule has 2 aromatic rings. The third-order valence-electron chi connectivity index (χ3n) is 3.50. The summed E-state index contributed by atoms with van der Waals surface area (Å²) in [5.74, 6) is 1.85. The van der Waals surface area contributed by atoms with Gasteiger partial charge in [0.1, 0.15) is 11.5 Å². The van der Waals surface area contributed by atoms with Gasteiger partial charge in [0.2, 0.25) is 0 Å². The molecule has 0 aliphatic rings. The van der Waals surface area contributed by atoms with Crippen LogP contribution in [0.25, 0.3) is 0 Å². The molecule has 0 radical (unpaired) electrons. The highest BCUT2D eigenvalue weighted by Gasteiger charge is 1.97. The zero-order valence-electron chi connectivity index (χ0n) is 12.3. The second-order valence-corrected chi connectivity index (χ2v) is 4.90. The van der Waals surface area contributed by atoms with Gasteiger partial charge in [-0.25, -0.2) is 0 Å². The van der Waals surface area contributed by atoms with Crippen LogP contribution in [0.2, 0.25) is 0 Å². The van der Waals surface area contributed by atoms with Crippen LogP contribution in [0, 0.1) is 0 Å². The number of hydrogen-bond donors (Lipinski definition) is 0. The Labute approximate surface area is 121 Å². The summed E-state index contributed by atoms with van der Waals surface area (Å²) in [5.41, 5.74) is 2.75. The lowest BCUT2D eigenvalue weighted by atomic mass is 10.0. The quantitative estimate of drug-likeness (QED) is 0.699. The second-order valence-electron chi connectivity index (χ2n) is 4.90. The normalized spacial score (nSPS) is 10.3. The number of methoxy groups -OCH3 is 2. The molecule has 2 rings (SSSR count). The first-order valence-electron chi connectivity index (χ1n) is 7.07. The van der Waals surface area contributed by atoms with Crippen molar-refractivity contribution in [2.75, 3.05) is 14.2 Å². The molecule has 2 heteroatoms. The molecule has 0 unspecified atom stereocenters. The van der Waals surface area contributed by atoms with Crippen LogP contribution in [0.15, 0.2) is 48.5 Å². The number of benzene rings is 2. The Morgan fingerprint density at radius 3 is 1.25 bits per heavy atom. The van der Waals surface area contributed by atoms with E-state index in [-0.39, 0.29) is 0 Å². The van der Waals surface area contributed by atoms with Gasteiger partial charge in [-0.1, -0.05) is 24.3 Å². The van der Waals surface area contributed by atoms with Gasteiger partial charge in [0, 0.05) is 0 Å². The molecule has 0 spiro atoms. The van der Waals surface area contributed by atoms with Gasteiger partial charge in [0.05, 0.1) is 14.2 Å². The molecule has 0 aliphatic carbocycles. The predicted octanol–water partition coefficient (Wildman–Crippen LogP) is 4.27. The molecule has 2 nitrogen and oxygen atoms in total. The van der Waals surface area contributed by atoms with Gasteiger partial charge in [-0.2, -0.15) is 0 Å². The largest absolute Gasteiger partial charge is 0.497 e. The van der Waals surface area contributed by atoms with Gasteiger partial charge in [0.15, 0.2) is 0 Å². The summed E-state index contributed by atoms with van der Waals surface area (Å²) in [6.07, 6.45) is 4.66. The molecular formula is C18H22O2. The number of aryl methyl sites for hydroxylation is 2. The van der Waals surface area contributed by atoms with Gasteiger partial charge >= 0.3 is 0 Å². The number of ether oxygens (including phenoxy) is 2. The maximum absolute atomic E-state index is 5.16. The fraction of sp³-hybridized carbons (Fsp3) is 0.333. The van der Waals surface area contributed by atoms with E-state index in [2.05, 4.69) is 24.3 Å². The maximum atomic E-state index is 5.16. The third kappa shape index (κ3) is 4.30. The molecule has 0 heterocycles. The predicted molar refractivity (Wildman–Crippen MR) is 82.6 cm³/mol. The molecule has 0 aromatic heterocycles. The fourth-order valence-corrected chi connectivity index (χ4v) is 2.24. The second kappa shape index (κ2) is 7.59. The van der Waals surface area contributed by atoms with Crippen molar-refractivity contribution in [3.05, 3.63) is 59.7 Å². The van der Waals surface area contributed by atoms with Crippen LogP contribution in [0.3, 0.4) is 0 Å². The summed E-state index contributed by atoms with van der Waals surface area (Å²) < 4.78 is 10.3. The Kier molecular flexibility index (Phi) is 5.48. The van der Waals surface area contributed by atoms with Crippen molar-refractivity contribution >= 4 is 0 Å². The van der Waals surface area contributed by atoms with Gasteiger partial charge in [0.25, 0.3) is 0 Å². The van der Waals surface area contributed by atoms with E-state index in [4.69, 9.17) is 9.47 Å². The van der Waals surface area contributed by atoms with Crippen LogP contribution in [0.5, 0.6) is 11.5 Å². The molecule has 106 valence electrons. The monoisotopic (exact) mass is 270 g/mol. The van der Waals surface area contributed by atoms with Crippen molar-refractivity contribution in [3.8, 4) is 11.5 Å². The summed E-state index contributed by atoms with van der Waals surface area (Å²) in [5, 5.41) is 0. The van der Waals surface area contributed by atoms with Gasteiger partial charge < -0.3 is 9.47 Å².